The molecule has 3 aromatic rings. The van der Waals surface area contributed by atoms with Crippen LogP contribution in [0.5, 0.6) is 0 Å². The Morgan fingerprint density at radius 1 is 0.964 bits per heavy atom. The molecule has 0 saturated carbocycles. The number of nitrogens with zero attached hydrogens (tertiary/aromatic N) is 3. The fraction of sp³-hybridized carbons (Fsp3) is 0.261. The summed E-state index contributed by atoms with van der Waals surface area (Å²) in [5.41, 5.74) is 4.73. The van der Waals surface area contributed by atoms with Crippen LogP contribution in [0.15, 0.2) is 60.9 Å². The molecule has 5 heteroatoms. The van der Waals surface area contributed by atoms with Gasteiger partial charge in [-0.05, 0) is 29.2 Å². The molecule has 0 bridgehead atoms. The van der Waals surface area contributed by atoms with Gasteiger partial charge in [-0.15, -0.1) is 0 Å². The quantitative estimate of drug-likeness (QED) is 0.700. The second-order valence-corrected chi connectivity index (χ2v) is 7.28. The maximum atomic E-state index is 12.5. The van der Waals surface area contributed by atoms with Gasteiger partial charge in [-0.2, -0.15) is 0 Å². The molecule has 3 rings (SSSR count). The first-order chi connectivity index (χ1) is 13.5. The minimum Gasteiger partial charge on any atom is -0.361 e. The molecule has 144 valence electrons. The summed E-state index contributed by atoms with van der Waals surface area (Å²) in [6, 6.07) is 15.8. The molecule has 0 radical (unpaired) electrons. The Morgan fingerprint density at radius 3 is 2.21 bits per heavy atom. The lowest BCUT2D eigenvalue weighted by atomic mass is 10.0. The number of amides is 1. The van der Waals surface area contributed by atoms with E-state index in [0.29, 0.717) is 18.0 Å². The summed E-state index contributed by atoms with van der Waals surface area (Å²) >= 11 is 0. The monoisotopic (exact) mass is 374 g/mol. The molecule has 0 unspecified atom stereocenters. The summed E-state index contributed by atoms with van der Waals surface area (Å²) in [6.45, 7) is 4.85. The molecule has 0 fully saturated rings. The highest BCUT2D eigenvalue weighted by molar-refractivity contribution is 5.94. The lowest BCUT2D eigenvalue weighted by molar-refractivity contribution is 0.0951. The van der Waals surface area contributed by atoms with Gasteiger partial charge in [-0.3, -0.25) is 9.78 Å². The lowest BCUT2D eigenvalue weighted by Gasteiger charge is -2.15. The molecule has 0 aliphatic heterocycles. The molecule has 0 aliphatic carbocycles. The molecule has 1 amide bonds. The number of carbonyl (C=O) groups excluding carboxylic acids is 1. The van der Waals surface area contributed by atoms with E-state index in [4.69, 9.17) is 0 Å². The standard InChI is InChI=1S/C23H26N4O/c1-16(2)18-7-5-17(6-8-18)15-26-23(28)20-11-9-19(10-12-20)21-22(27(3)4)25-14-13-24-21/h5-14,16H,15H2,1-4H3,(H,26,28). The van der Waals surface area contributed by atoms with E-state index >= 15 is 0 Å². The molecule has 0 spiro atoms. The van der Waals surface area contributed by atoms with Gasteiger partial charge in [-0.1, -0.05) is 50.2 Å². The van der Waals surface area contributed by atoms with Gasteiger partial charge >= 0.3 is 0 Å². The highest BCUT2D eigenvalue weighted by atomic mass is 16.1. The predicted molar refractivity (Wildman–Crippen MR) is 113 cm³/mol. The van der Waals surface area contributed by atoms with Gasteiger partial charge in [0.25, 0.3) is 5.91 Å². The molecular weight excluding hydrogens is 348 g/mol. The summed E-state index contributed by atoms with van der Waals surface area (Å²) in [5, 5.41) is 2.98. The van der Waals surface area contributed by atoms with Crippen LogP contribution in [-0.2, 0) is 6.54 Å². The van der Waals surface area contributed by atoms with Crippen LogP contribution in [0.1, 0.15) is 41.3 Å². The largest absolute Gasteiger partial charge is 0.361 e. The van der Waals surface area contributed by atoms with Crippen LogP contribution in [-0.4, -0.2) is 30.0 Å². The lowest BCUT2D eigenvalue weighted by Crippen LogP contribution is -2.22. The molecule has 1 N–H and O–H groups in total. The van der Waals surface area contributed by atoms with Crippen molar-refractivity contribution in [2.45, 2.75) is 26.3 Å². The zero-order valence-electron chi connectivity index (χ0n) is 16.8. The normalized spacial score (nSPS) is 10.8. The summed E-state index contributed by atoms with van der Waals surface area (Å²) in [6.07, 6.45) is 3.35. The molecule has 0 atom stereocenters. The van der Waals surface area contributed by atoms with Crippen LogP contribution in [0.3, 0.4) is 0 Å². The highest BCUT2D eigenvalue weighted by Crippen LogP contribution is 2.25. The molecule has 28 heavy (non-hydrogen) atoms. The first kappa shape index (κ1) is 19.5. The van der Waals surface area contributed by atoms with Gasteiger partial charge in [-0.25, -0.2) is 4.98 Å². The molecule has 0 saturated heterocycles. The van der Waals surface area contributed by atoms with Gasteiger partial charge in [0.1, 0.15) is 5.69 Å². The van der Waals surface area contributed by atoms with E-state index < -0.39 is 0 Å². The van der Waals surface area contributed by atoms with Crippen LogP contribution in [0, 0.1) is 0 Å². The van der Waals surface area contributed by atoms with E-state index in [2.05, 4.69) is 53.4 Å². The van der Waals surface area contributed by atoms with Crippen LogP contribution >= 0.6 is 0 Å². The van der Waals surface area contributed by atoms with Crippen molar-refractivity contribution in [2.75, 3.05) is 19.0 Å². The van der Waals surface area contributed by atoms with Crippen molar-refractivity contribution in [3.05, 3.63) is 77.6 Å². The van der Waals surface area contributed by atoms with Crippen LogP contribution < -0.4 is 10.2 Å². The second kappa shape index (κ2) is 8.65. The van der Waals surface area contributed by atoms with E-state index in [1.54, 1.807) is 12.4 Å². The molecule has 5 nitrogen and oxygen atoms in total. The van der Waals surface area contributed by atoms with Crippen molar-refractivity contribution in [3.63, 3.8) is 0 Å². The maximum Gasteiger partial charge on any atom is 0.251 e. The smallest absolute Gasteiger partial charge is 0.251 e. The third kappa shape index (κ3) is 4.55. The van der Waals surface area contributed by atoms with E-state index in [9.17, 15) is 4.79 Å². The molecule has 1 aromatic heterocycles. The third-order valence-electron chi connectivity index (χ3n) is 4.62. The van der Waals surface area contributed by atoms with E-state index in [1.807, 2.05) is 43.3 Å². The van der Waals surface area contributed by atoms with Crippen LogP contribution in [0.4, 0.5) is 5.82 Å². The summed E-state index contributed by atoms with van der Waals surface area (Å²) in [4.78, 5) is 23.2. The summed E-state index contributed by atoms with van der Waals surface area (Å²) in [7, 11) is 3.87. The highest BCUT2D eigenvalue weighted by Gasteiger charge is 2.11. The minimum atomic E-state index is -0.0912. The Balaban J connectivity index is 1.67. The van der Waals surface area contributed by atoms with Gasteiger partial charge in [0.05, 0.1) is 0 Å². The zero-order valence-corrected chi connectivity index (χ0v) is 16.8. The van der Waals surface area contributed by atoms with E-state index in [1.165, 1.54) is 5.56 Å². The van der Waals surface area contributed by atoms with Crippen molar-refractivity contribution >= 4 is 11.7 Å². The minimum absolute atomic E-state index is 0.0912. The number of nitrogens with one attached hydrogen (secondary N) is 1. The van der Waals surface area contributed by atoms with Crippen molar-refractivity contribution in [1.82, 2.24) is 15.3 Å². The fourth-order valence-corrected chi connectivity index (χ4v) is 2.95. The van der Waals surface area contributed by atoms with E-state index in [-0.39, 0.29) is 5.91 Å². The van der Waals surface area contributed by atoms with Gasteiger partial charge in [0.15, 0.2) is 5.82 Å². The Labute approximate surface area is 166 Å². The number of benzene rings is 2. The van der Waals surface area contributed by atoms with Crippen LogP contribution in [0.2, 0.25) is 0 Å². The average molecular weight is 374 g/mol. The molecular formula is C23H26N4O. The number of rotatable bonds is 6. The Kier molecular flexibility index (Phi) is 6.04. The molecule has 2 aromatic carbocycles. The van der Waals surface area contributed by atoms with Gasteiger partial charge < -0.3 is 10.2 Å². The summed E-state index contributed by atoms with van der Waals surface area (Å²) < 4.78 is 0. The first-order valence-electron chi connectivity index (χ1n) is 9.41. The van der Waals surface area contributed by atoms with Crippen LogP contribution in [0.25, 0.3) is 11.3 Å². The average Bonchev–Trinajstić information content (AvgIpc) is 2.72. The maximum absolute atomic E-state index is 12.5. The SMILES string of the molecule is CC(C)c1ccc(CNC(=O)c2ccc(-c3nccnc3N(C)C)cc2)cc1. The summed E-state index contributed by atoms with van der Waals surface area (Å²) in [5.74, 6) is 1.21. The fourth-order valence-electron chi connectivity index (χ4n) is 2.95. The van der Waals surface area contributed by atoms with Gasteiger partial charge in [0.2, 0.25) is 0 Å². The Bertz CT molecular complexity index is 932. The second-order valence-electron chi connectivity index (χ2n) is 7.28. The number of hydrogen-bond donors (Lipinski definition) is 1. The molecule has 0 aliphatic rings. The van der Waals surface area contributed by atoms with Crippen molar-refractivity contribution in [2.24, 2.45) is 0 Å². The Morgan fingerprint density at radius 2 is 1.61 bits per heavy atom. The molecule has 1 heterocycles. The van der Waals surface area contributed by atoms with E-state index in [0.717, 1.165) is 22.6 Å². The number of hydrogen-bond acceptors (Lipinski definition) is 4. The van der Waals surface area contributed by atoms with Crippen molar-refractivity contribution in [1.29, 1.82) is 0 Å². The Hall–Kier alpha value is -3.21. The van der Waals surface area contributed by atoms with Gasteiger partial charge in [0, 0.05) is 44.2 Å². The van der Waals surface area contributed by atoms with Crippen molar-refractivity contribution < 1.29 is 4.79 Å². The number of anilines is 1. The topological polar surface area (TPSA) is 58.1 Å². The van der Waals surface area contributed by atoms with Crippen molar-refractivity contribution in [3.8, 4) is 11.3 Å². The zero-order chi connectivity index (χ0) is 20.1. The third-order valence-corrected chi connectivity index (χ3v) is 4.62. The predicted octanol–water partition coefficient (Wildman–Crippen LogP) is 4.26. The number of carbonyl (C=O) groups is 1. The number of aromatic nitrogens is 2. The first-order valence-corrected chi connectivity index (χ1v) is 9.41.